The number of rotatable bonds is 3. The summed E-state index contributed by atoms with van der Waals surface area (Å²) in [5.74, 6) is 0. The zero-order valence-electron chi connectivity index (χ0n) is 14.5. The molecular formula is C19H19F3N2O2S. The fraction of sp³-hybridized carbons (Fsp3) is 0.368. The van der Waals surface area contributed by atoms with Gasteiger partial charge in [0.1, 0.15) is 0 Å². The van der Waals surface area contributed by atoms with Crippen molar-refractivity contribution < 1.29 is 21.6 Å². The first kappa shape index (κ1) is 18.3. The van der Waals surface area contributed by atoms with Gasteiger partial charge in [0, 0.05) is 31.4 Å². The van der Waals surface area contributed by atoms with Crippen molar-refractivity contribution in [3.8, 4) is 0 Å². The number of anilines is 1. The Bertz CT molecular complexity index is 942. The summed E-state index contributed by atoms with van der Waals surface area (Å²) >= 11 is 0. The van der Waals surface area contributed by atoms with E-state index in [9.17, 15) is 21.6 Å². The first-order valence-corrected chi connectivity index (χ1v) is 10.2. The Hall–Kier alpha value is -2.06. The normalized spacial score (nSPS) is 20.9. The summed E-state index contributed by atoms with van der Waals surface area (Å²) < 4.78 is 65.1. The lowest BCUT2D eigenvalue weighted by molar-refractivity contribution is -0.137. The van der Waals surface area contributed by atoms with Crippen molar-refractivity contribution in [1.29, 1.82) is 0 Å². The molecule has 2 aliphatic heterocycles. The van der Waals surface area contributed by atoms with Crippen molar-refractivity contribution in [2.45, 2.75) is 30.0 Å². The number of halogens is 3. The van der Waals surface area contributed by atoms with E-state index in [2.05, 4.69) is 17.0 Å². The van der Waals surface area contributed by atoms with Gasteiger partial charge in [-0.3, -0.25) is 0 Å². The topological polar surface area (TPSA) is 40.6 Å². The van der Waals surface area contributed by atoms with E-state index in [1.807, 2.05) is 12.1 Å². The number of fused-ring (bicyclic) bond motifs is 1. The Morgan fingerprint density at radius 3 is 2.37 bits per heavy atom. The standard InChI is InChI=1S/C19H19F3N2O2S/c20-19(21,22)15-5-7-17(8-6-15)27(25,26)23-11-10-16(13-23)24-12-9-14-3-1-2-4-18(14)24/h1-8,16H,9-13H2. The predicted molar refractivity (Wildman–Crippen MR) is 96.1 cm³/mol. The van der Waals surface area contributed by atoms with Crippen molar-refractivity contribution in [3.05, 3.63) is 59.7 Å². The Kier molecular flexibility index (Phi) is 4.43. The summed E-state index contributed by atoms with van der Waals surface area (Å²) in [4.78, 5) is 2.15. The third kappa shape index (κ3) is 3.32. The Morgan fingerprint density at radius 1 is 0.963 bits per heavy atom. The van der Waals surface area contributed by atoms with E-state index in [1.165, 1.54) is 9.87 Å². The molecule has 0 bridgehead atoms. The van der Waals surface area contributed by atoms with Gasteiger partial charge < -0.3 is 4.90 Å². The second-order valence-electron chi connectivity index (χ2n) is 6.90. The van der Waals surface area contributed by atoms with Gasteiger partial charge in [0.2, 0.25) is 10.0 Å². The highest BCUT2D eigenvalue weighted by molar-refractivity contribution is 7.89. The van der Waals surface area contributed by atoms with Crippen molar-refractivity contribution >= 4 is 15.7 Å². The van der Waals surface area contributed by atoms with E-state index >= 15 is 0 Å². The van der Waals surface area contributed by atoms with Crippen LogP contribution in [-0.4, -0.2) is 38.4 Å². The zero-order chi connectivity index (χ0) is 19.2. The molecule has 0 N–H and O–H groups in total. The molecule has 0 aromatic heterocycles. The van der Waals surface area contributed by atoms with Crippen molar-refractivity contribution in [2.24, 2.45) is 0 Å². The summed E-state index contributed by atoms with van der Waals surface area (Å²) in [6.07, 6.45) is -2.84. The molecule has 0 radical (unpaired) electrons. The summed E-state index contributed by atoms with van der Waals surface area (Å²) in [7, 11) is -3.80. The molecule has 2 aromatic rings. The molecule has 0 aliphatic carbocycles. The monoisotopic (exact) mass is 396 g/mol. The molecule has 4 rings (SSSR count). The minimum absolute atomic E-state index is 0.0814. The van der Waals surface area contributed by atoms with Crippen LogP contribution >= 0.6 is 0 Å². The number of alkyl halides is 3. The largest absolute Gasteiger partial charge is 0.416 e. The van der Waals surface area contributed by atoms with Crippen LogP contribution in [0.25, 0.3) is 0 Å². The third-order valence-corrected chi connectivity index (χ3v) is 7.19. The molecule has 1 unspecified atom stereocenters. The Balaban J connectivity index is 1.51. The molecule has 144 valence electrons. The zero-order valence-corrected chi connectivity index (χ0v) is 15.3. The van der Waals surface area contributed by atoms with Crippen LogP contribution in [0.5, 0.6) is 0 Å². The van der Waals surface area contributed by atoms with Gasteiger partial charge in [-0.25, -0.2) is 8.42 Å². The first-order valence-electron chi connectivity index (χ1n) is 8.79. The number of benzene rings is 2. The molecule has 2 aromatic carbocycles. The second kappa shape index (κ2) is 6.53. The Morgan fingerprint density at radius 2 is 1.67 bits per heavy atom. The minimum atomic E-state index is -4.48. The summed E-state index contributed by atoms with van der Waals surface area (Å²) in [5.41, 5.74) is 1.56. The predicted octanol–water partition coefficient (Wildman–Crippen LogP) is 3.53. The van der Waals surface area contributed by atoms with Crippen LogP contribution in [0.1, 0.15) is 17.5 Å². The average molecular weight is 396 g/mol. The van der Waals surface area contributed by atoms with E-state index in [-0.39, 0.29) is 10.9 Å². The smallest absolute Gasteiger partial charge is 0.367 e. The summed E-state index contributed by atoms with van der Waals surface area (Å²) in [6.45, 7) is 1.57. The van der Waals surface area contributed by atoms with Crippen molar-refractivity contribution in [2.75, 3.05) is 24.5 Å². The highest BCUT2D eigenvalue weighted by atomic mass is 32.2. The first-order chi connectivity index (χ1) is 12.8. The molecule has 27 heavy (non-hydrogen) atoms. The maximum Gasteiger partial charge on any atom is 0.416 e. The van der Waals surface area contributed by atoms with Gasteiger partial charge in [-0.05, 0) is 48.7 Å². The maximum atomic E-state index is 12.8. The third-order valence-electron chi connectivity index (χ3n) is 5.31. The van der Waals surface area contributed by atoms with Gasteiger partial charge in [0.05, 0.1) is 10.5 Å². The fourth-order valence-electron chi connectivity index (χ4n) is 3.89. The van der Waals surface area contributed by atoms with E-state index in [1.54, 1.807) is 0 Å². The lowest BCUT2D eigenvalue weighted by Crippen LogP contribution is -2.38. The maximum absolute atomic E-state index is 12.8. The van der Waals surface area contributed by atoms with Gasteiger partial charge in [0.15, 0.2) is 0 Å². The van der Waals surface area contributed by atoms with Gasteiger partial charge in [-0.2, -0.15) is 17.5 Å². The van der Waals surface area contributed by atoms with Crippen LogP contribution in [0, 0.1) is 0 Å². The number of hydrogen-bond acceptors (Lipinski definition) is 3. The minimum Gasteiger partial charge on any atom is -0.367 e. The number of para-hydroxylation sites is 1. The molecular weight excluding hydrogens is 377 g/mol. The van der Waals surface area contributed by atoms with Crippen LogP contribution in [0.15, 0.2) is 53.4 Å². The van der Waals surface area contributed by atoms with E-state index in [0.717, 1.165) is 42.9 Å². The molecule has 0 spiro atoms. The molecule has 8 heteroatoms. The summed E-state index contributed by atoms with van der Waals surface area (Å²) in [5, 5.41) is 0. The SMILES string of the molecule is O=S(=O)(c1ccc(C(F)(F)F)cc1)N1CCC(N2CCc3ccccc32)C1. The second-order valence-corrected chi connectivity index (χ2v) is 8.84. The molecule has 1 fully saturated rings. The highest BCUT2D eigenvalue weighted by Gasteiger charge is 2.37. The van der Waals surface area contributed by atoms with Gasteiger partial charge in [-0.1, -0.05) is 18.2 Å². The van der Waals surface area contributed by atoms with Crippen LogP contribution in [0.2, 0.25) is 0 Å². The van der Waals surface area contributed by atoms with Crippen LogP contribution in [-0.2, 0) is 22.6 Å². The van der Waals surface area contributed by atoms with E-state index in [4.69, 9.17) is 0 Å². The average Bonchev–Trinajstić information content (AvgIpc) is 3.28. The quantitative estimate of drug-likeness (QED) is 0.797. The lowest BCUT2D eigenvalue weighted by Gasteiger charge is -2.27. The number of sulfonamides is 1. The summed E-state index contributed by atoms with van der Waals surface area (Å²) in [6, 6.07) is 11.9. The highest BCUT2D eigenvalue weighted by Crippen LogP contribution is 2.34. The molecule has 1 atom stereocenters. The van der Waals surface area contributed by atoms with Crippen molar-refractivity contribution in [1.82, 2.24) is 4.31 Å². The van der Waals surface area contributed by atoms with Crippen molar-refractivity contribution in [3.63, 3.8) is 0 Å². The molecule has 0 saturated carbocycles. The lowest BCUT2D eigenvalue weighted by atomic mass is 10.1. The molecule has 2 aliphatic rings. The fourth-order valence-corrected chi connectivity index (χ4v) is 5.38. The van der Waals surface area contributed by atoms with Crippen LogP contribution in [0.3, 0.4) is 0 Å². The van der Waals surface area contributed by atoms with Gasteiger partial charge in [-0.15, -0.1) is 0 Å². The molecule has 4 nitrogen and oxygen atoms in total. The van der Waals surface area contributed by atoms with E-state index in [0.29, 0.717) is 19.5 Å². The van der Waals surface area contributed by atoms with E-state index < -0.39 is 21.8 Å². The molecule has 1 saturated heterocycles. The number of nitrogens with zero attached hydrogens (tertiary/aromatic N) is 2. The van der Waals surface area contributed by atoms with Gasteiger partial charge in [0.25, 0.3) is 0 Å². The van der Waals surface area contributed by atoms with Gasteiger partial charge >= 0.3 is 6.18 Å². The molecule has 0 amide bonds. The molecule has 2 heterocycles. The number of hydrogen-bond donors (Lipinski definition) is 0. The van der Waals surface area contributed by atoms with Crippen LogP contribution < -0.4 is 4.90 Å². The Labute approximate surface area is 156 Å². The van der Waals surface area contributed by atoms with Crippen LogP contribution in [0.4, 0.5) is 18.9 Å².